The average molecular weight is 663 g/mol. The molecule has 0 saturated heterocycles. The van der Waals surface area contributed by atoms with Crippen molar-refractivity contribution in [3.63, 3.8) is 0 Å². The lowest BCUT2D eigenvalue weighted by molar-refractivity contribution is -0.133. The first-order valence-electron chi connectivity index (χ1n) is 14.4. The summed E-state index contributed by atoms with van der Waals surface area (Å²) in [4.78, 5) is 19.2. The van der Waals surface area contributed by atoms with Gasteiger partial charge in [-0.05, 0) is 20.8 Å². The highest BCUT2D eigenvalue weighted by Gasteiger charge is 1.95. The quantitative estimate of drug-likeness (QED) is 0.0469. The molecule has 0 radical (unpaired) electrons. The molecule has 0 aliphatic rings. The van der Waals surface area contributed by atoms with E-state index in [4.69, 9.17) is 68.5 Å². The molecule has 0 aromatic heterocycles. The third-order valence-corrected chi connectivity index (χ3v) is 4.07. The normalized spacial score (nSPS) is 10.7. The number of hydrogen-bond donors (Lipinski definition) is 6. The number of carbonyl (C=O) groups is 2. The van der Waals surface area contributed by atoms with Gasteiger partial charge in [-0.2, -0.15) is 0 Å². The fourth-order valence-electron chi connectivity index (χ4n) is 1.77. The molecule has 270 valence electrons. The van der Waals surface area contributed by atoms with Crippen molar-refractivity contribution in [2.24, 2.45) is 0 Å². The summed E-state index contributed by atoms with van der Waals surface area (Å²) in [5, 5.41) is 48.8. The van der Waals surface area contributed by atoms with E-state index in [0.717, 1.165) is 0 Å². The molecule has 0 aliphatic heterocycles. The second kappa shape index (κ2) is 44.1. The second-order valence-corrected chi connectivity index (χ2v) is 8.55. The number of rotatable bonds is 28. The van der Waals surface area contributed by atoms with Gasteiger partial charge in [-0.3, -0.25) is 0 Å². The first kappa shape index (κ1) is 49.8. The molecular weight excluding hydrogens is 604 g/mol. The van der Waals surface area contributed by atoms with E-state index in [1.165, 1.54) is 20.8 Å². The lowest BCUT2D eigenvalue weighted by Crippen LogP contribution is -2.15. The van der Waals surface area contributed by atoms with Crippen molar-refractivity contribution in [2.75, 3.05) is 126 Å². The largest absolute Gasteiger partial charge is 0.478 e. The molecule has 1 atom stereocenters. The summed E-state index contributed by atoms with van der Waals surface area (Å²) in [5.74, 6) is -1.87. The first-order chi connectivity index (χ1) is 21.5. The third kappa shape index (κ3) is 61.7. The third-order valence-electron chi connectivity index (χ3n) is 4.07. The molecule has 0 bridgehead atoms. The van der Waals surface area contributed by atoms with E-state index in [2.05, 4.69) is 13.2 Å². The zero-order valence-corrected chi connectivity index (χ0v) is 27.2. The van der Waals surface area contributed by atoms with Gasteiger partial charge in [0.15, 0.2) is 0 Å². The number of ether oxygens (including phenoxy) is 8. The van der Waals surface area contributed by atoms with Crippen molar-refractivity contribution in [1.29, 1.82) is 0 Å². The molecule has 0 amide bonds. The van der Waals surface area contributed by atoms with Crippen molar-refractivity contribution in [1.82, 2.24) is 0 Å². The standard InChI is InChI=1S/C18H38O10.2C4H6O2.C3H8O2/c19-1-3-21-5-7-23-9-11-25-13-15-27-17-18-28-16-14-26-12-10-24-8-6-22-4-2-20;2*1-3(2)4(5)6;1-3(5)2-4/h19-20H,1-18H2;2*1H2,2H3,(H,5,6);3-5H,2H2,1H3. The van der Waals surface area contributed by atoms with Crippen LogP contribution in [0.15, 0.2) is 24.3 Å². The van der Waals surface area contributed by atoms with Crippen LogP contribution in [0, 0.1) is 0 Å². The molecule has 45 heavy (non-hydrogen) atoms. The lowest BCUT2D eigenvalue weighted by atomic mass is 10.4. The van der Waals surface area contributed by atoms with Crippen LogP contribution >= 0.6 is 0 Å². The van der Waals surface area contributed by atoms with Gasteiger partial charge in [-0.1, -0.05) is 13.2 Å². The van der Waals surface area contributed by atoms with E-state index in [1.807, 2.05) is 0 Å². The molecule has 0 aromatic carbocycles. The minimum atomic E-state index is -0.935. The highest BCUT2D eigenvalue weighted by atomic mass is 16.6. The summed E-state index contributed by atoms with van der Waals surface area (Å²) >= 11 is 0. The van der Waals surface area contributed by atoms with Crippen molar-refractivity contribution in [2.45, 2.75) is 26.9 Å². The lowest BCUT2D eigenvalue weighted by Gasteiger charge is -2.08. The second-order valence-electron chi connectivity index (χ2n) is 8.55. The van der Waals surface area contributed by atoms with E-state index in [9.17, 15) is 9.59 Å². The Kier molecular flexibility index (Phi) is 48.8. The summed E-state index contributed by atoms with van der Waals surface area (Å²) in [7, 11) is 0. The molecule has 6 N–H and O–H groups in total. The Morgan fingerprint density at radius 1 is 0.489 bits per heavy atom. The number of hydrogen-bond acceptors (Lipinski definition) is 14. The number of carboxylic acids is 2. The summed E-state index contributed by atoms with van der Waals surface area (Å²) in [6.45, 7) is 18.4. The number of aliphatic carboxylic acids is 2. The molecule has 0 aliphatic carbocycles. The molecule has 16 nitrogen and oxygen atoms in total. The Balaban J connectivity index is -0.000000399. The SMILES string of the molecule is C=C(C)C(=O)O.C=C(C)C(=O)O.CC(O)CO.OCCOCCOCCOCCOCCOCCOCCOCCOCCO. The van der Waals surface area contributed by atoms with Crippen molar-refractivity contribution in [3.05, 3.63) is 24.3 Å². The van der Waals surface area contributed by atoms with Crippen LogP contribution in [0.3, 0.4) is 0 Å². The Morgan fingerprint density at radius 3 is 0.711 bits per heavy atom. The van der Waals surface area contributed by atoms with Crippen LogP contribution in [0.5, 0.6) is 0 Å². The number of aliphatic hydroxyl groups excluding tert-OH is 4. The number of carboxylic acid groups (broad SMARTS) is 2. The van der Waals surface area contributed by atoms with E-state index in [1.54, 1.807) is 0 Å². The van der Waals surface area contributed by atoms with Crippen molar-refractivity contribution >= 4 is 11.9 Å². The van der Waals surface area contributed by atoms with Gasteiger partial charge >= 0.3 is 11.9 Å². The molecule has 1 unspecified atom stereocenters. The van der Waals surface area contributed by atoms with Gasteiger partial charge in [-0.25, -0.2) is 9.59 Å². The molecular formula is C29H58O16. The van der Waals surface area contributed by atoms with E-state index in [0.29, 0.717) is 106 Å². The van der Waals surface area contributed by atoms with Gasteiger partial charge in [0.1, 0.15) is 0 Å². The maximum Gasteiger partial charge on any atom is 0.330 e. The van der Waals surface area contributed by atoms with Crippen LogP contribution in [0.2, 0.25) is 0 Å². The maximum absolute atomic E-state index is 9.60. The van der Waals surface area contributed by atoms with Crippen LogP contribution in [0.4, 0.5) is 0 Å². The Bertz CT molecular complexity index is 572. The van der Waals surface area contributed by atoms with Crippen LogP contribution < -0.4 is 0 Å². The minimum absolute atomic E-state index is 0.0294. The number of aliphatic hydroxyl groups is 4. The van der Waals surface area contributed by atoms with E-state index < -0.39 is 18.0 Å². The molecule has 16 heteroatoms. The maximum atomic E-state index is 9.60. The zero-order valence-electron chi connectivity index (χ0n) is 27.2. The molecule has 0 spiro atoms. The molecule has 0 heterocycles. The molecule has 0 aromatic rings. The fraction of sp³-hybridized carbons (Fsp3) is 0.793. The molecule has 0 fully saturated rings. The van der Waals surface area contributed by atoms with Gasteiger partial charge in [0.2, 0.25) is 0 Å². The first-order valence-corrected chi connectivity index (χ1v) is 14.4. The summed E-state index contributed by atoms with van der Waals surface area (Å²) < 4.78 is 42.2. The summed E-state index contributed by atoms with van der Waals surface area (Å²) in [5.41, 5.74) is 0.352. The highest BCUT2D eigenvalue weighted by Crippen LogP contribution is 1.86. The van der Waals surface area contributed by atoms with Crippen molar-refractivity contribution in [3.8, 4) is 0 Å². The molecule has 0 rings (SSSR count). The fourth-order valence-corrected chi connectivity index (χ4v) is 1.77. The summed E-state index contributed by atoms with van der Waals surface area (Å²) in [6, 6.07) is 0. The van der Waals surface area contributed by atoms with E-state index in [-0.39, 0.29) is 31.0 Å². The van der Waals surface area contributed by atoms with E-state index >= 15 is 0 Å². The monoisotopic (exact) mass is 662 g/mol. The Morgan fingerprint density at radius 2 is 0.622 bits per heavy atom. The predicted molar refractivity (Wildman–Crippen MR) is 164 cm³/mol. The van der Waals surface area contributed by atoms with Gasteiger partial charge in [0.25, 0.3) is 0 Å². The van der Waals surface area contributed by atoms with Gasteiger partial charge in [0.05, 0.1) is 132 Å². The smallest absolute Gasteiger partial charge is 0.330 e. The molecule has 0 saturated carbocycles. The van der Waals surface area contributed by atoms with Crippen molar-refractivity contribution < 1.29 is 78.1 Å². The van der Waals surface area contributed by atoms with Gasteiger partial charge in [0, 0.05) is 11.1 Å². The van der Waals surface area contributed by atoms with Crippen LogP contribution in [0.25, 0.3) is 0 Å². The van der Waals surface area contributed by atoms with Crippen LogP contribution in [-0.2, 0) is 47.5 Å². The highest BCUT2D eigenvalue weighted by molar-refractivity contribution is 5.85. The zero-order chi connectivity index (χ0) is 35.0. The average Bonchev–Trinajstić information content (AvgIpc) is 3.00. The minimum Gasteiger partial charge on any atom is -0.478 e. The predicted octanol–water partition coefficient (Wildman–Crippen LogP) is -0.242. The Labute approximate surface area is 267 Å². The summed E-state index contributed by atoms with van der Waals surface area (Å²) in [6.07, 6.45) is -0.560. The van der Waals surface area contributed by atoms with Gasteiger partial charge in [-0.15, -0.1) is 0 Å². The Hall–Kier alpha value is -2.06. The van der Waals surface area contributed by atoms with Crippen LogP contribution in [-0.4, -0.2) is 174 Å². The topological polar surface area (TPSA) is 229 Å². The van der Waals surface area contributed by atoms with Gasteiger partial charge < -0.3 is 68.5 Å². The van der Waals surface area contributed by atoms with Crippen LogP contribution in [0.1, 0.15) is 20.8 Å².